The number of benzene rings is 1. The first kappa shape index (κ1) is 33.4. The Balaban J connectivity index is 2.06. The standard InChI is InChI=1S/C32H42FN5O5S/c1-10-21-11-12-22(33)16-23(21)24(43-20(5)32(8,9)42)17-36-29-26(19(4)28(44-29)38-34-13-14-35-38)27(40)37(30(36)41)31(6,7)25(39)15-18(2)3/h11-14,16,18,20,24,42H,10,15,17H2,1-9H3/t20?,24-/m0/s1. The molecule has 4 aromatic rings. The number of hydrogen-bond donors (Lipinski definition) is 1. The molecule has 1 unspecified atom stereocenters. The summed E-state index contributed by atoms with van der Waals surface area (Å²) < 4.78 is 23.6. The Hall–Kier alpha value is -3.48. The van der Waals surface area contributed by atoms with Crippen LogP contribution in [0.1, 0.15) is 84.6 Å². The average molecular weight is 628 g/mol. The van der Waals surface area contributed by atoms with E-state index in [4.69, 9.17) is 4.74 Å². The lowest BCUT2D eigenvalue weighted by Crippen LogP contribution is -2.53. The second-order valence-corrected chi connectivity index (χ2v) is 13.7. The Morgan fingerprint density at radius 3 is 2.32 bits per heavy atom. The van der Waals surface area contributed by atoms with E-state index < -0.39 is 40.4 Å². The van der Waals surface area contributed by atoms with E-state index in [1.54, 1.807) is 47.6 Å². The molecule has 1 aromatic carbocycles. The number of halogens is 1. The van der Waals surface area contributed by atoms with Gasteiger partial charge in [0, 0.05) is 12.0 Å². The fraction of sp³-hybridized carbons (Fsp3) is 0.531. The number of nitrogens with zero attached hydrogens (tertiary/aromatic N) is 5. The molecule has 0 saturated heterocycles. The van der Waals surface area contributed by atoms with Gasteiger partial charge < -0.3 is 9.84 Å². The number of aromatic nitrogens is 5. The highest BCUT2D eigenvalue weighted by molar-refractivity contribution is 7.21. The maximum Gasteiger partial charge on any atom is 0.333 e. The first-order valence-corrected chi connectivity index (χ1v) is 15.7. The number of thiophene rings is 1. The van der Waals surface area contributed by atoms with Crippen molar-refractivity contribution in [3.05, 3.63) is 73.9 Å². The zero-order chi connectivity index (χ0) is 32.7. The van der Waals surface area contributed by atoms with Gasteiger partial charge in [-0.1, -0.05) is 38.2 Å². The molecule has 0 spiro atoms. The Bertz CT molecular complexity index is 1780. The van der Waals surface area contributed by atoms with E-state index in [1.165, 1.54) is 45.2 Å². The minimum Gasteiger partial charge on any atom is -0.388 e. The highest BCUT2D eigenvalue weighted by atomic mass is 32.1. The predicted octanol–water partition coefficient (Wildman–Crippen LogP) is 5.08. The number of aliphatic hydroxyl groups is 1. The molecule has 12 heteroatoms. The molecule has 3 aromatic heterocycles. The summed E-state index contributed by atoms with van der Waals surface area (Å²) in [4.78, 5) is 43.9. The lowest BCUT2D eigenvalue weighted by atomic mass is 9.91. The highest BCUT2D eigenvalue weighted by Crippen LogP contribution is 2.34. The Kier molecular flexibility index (Phi) is 9.48. The molecule has 44 heavy (non-hydrogen) atoms. The molecule has 2 atom stereocenters. The molecule has 0 aliphatic heterocycles. The van der Waals surface area contributed by atoms with Crippen LogP contribution in [0.4, 0.5) is 4.39 Å². The van der Waals surface area contributed by atoms with E-state index in [1.807, 2.05) is 20.8 Å². The summed E-state index contributed by atoms with van der Waals surface area (Å²) in [5.41, 5.74) is -2.09. The summed E-state index contributed by atoms with van der Waals surface area (Å²) >= 11 is 1.17. The third-order valence-electron chi connectivity index (χ3n) is 8.17. The zero-order valence-corrected chi connectivity index (χ0v) is 27.7. The third kappa shape index (κ3) is 6.33. The molecule has 0 radical (unpaired) electrons. The monoisotopic (exact) mass is 627 g/mol. The van der Waals surface area contributed by atoms with Crippen LogP contribution >= 0.6 is 11.3 Å². The van der Waals surface area contributed by atoms with E-state index in [-0.39, 0.29) is 30.1 Å². The molecule has 4 rings (SSSR count). The Morgan fingerprint density at radius 1 is 1.11 bits per heavy atom. The second kappa shape index (κ2) is 12.5. The summed E-state index contributed by atoms with van der Waals surface area (Å²) in [5, 5.41) is 20.0. The van der Waals surface area contributed by atoms with E-state index in [0.29, 0.717) is 27.4 Å². The van der Waals surface area contributed by atoms with Gasteiger partial charge in [-0.15, -0.1) is 4.80 Å². The van der Waals surface area contributed by atoms with Gasteiger partial charge in [-0.3, -0.25) is 14.2 Å². The van der Waals surface area contributed by atoms with Gasteiger partial charge in [0.05, 0.1) is 36.0 Å². The normalized spacial score (nSPS) is 14.0. The molecule has 1 N–H and O–H groups in total. The van der Waals surface area contributed by atoms with Crippen molar-refractivity contribution < 1.29 is 19.0 Å². The van der Waals surface area contributed by atoms with Crippen LogP contribution in [0.3, 0.4) is 0 Å². The van der Waals surface area contributed by atoms with E-state index in [0.717, 1.165) is 10.1 Å². The summed E-state index contributed by atoms with van der Waals surface area (Å²) in [7, 11) is 0. The average Bonchev–Trinajstić information content (AvgIpc) is 3.57. The minimum absolute atomic E-state index is 0.0188. The van der Waals surface area contributed by atoms with Crippen LogP contribution in [-0.2, 0) is 28.0 Å². The van der Waals surface area contributed by atoms with Crippen molar-refractivity contribution in [2.75, 3.05) is 0 Å². The van der Waals surface area contributed by atoms with Gasteiger partial charge in [-0.25, -0.2) is 13.8 Å². The summed E-state index contributed by atoms with van der Waals surface area (Å²) in [6.45, 7) is 15.5. The number of Topliss-reactive ketones (excluding diaryl/α,β-unsaturated/α-hetero) is 1. The number of fused-ring (bicyclic) bond motifs is 1. The fourth-order valence-corrected chi connectivity index (χ4v) is 6.45. The zero-order valence-electron chi connectivity index (χ0n) is 26.8. The number of ether oxygens (including phenoxy) is 1. The summed E-state index contributed by atoms with van der Waals surface area (Å²) in [6, 6.07) is 4.44. The maximum absolute atomic E-state index is 14.7. The third-order valence-corrected chi connectivity index (χ3v) is 9.45. The molecule has 0 aliphatic rings. The number of aryl methyl sites for hydroxylation is 2. The van der Waals surface area contributed by atoms with E-state index in [9.17, 15) is 23.9 Å². The number of rotatable bonds is 12. The first-order chi connectivity index (χ1) is 20.5. The molecular weight excluding hydrogens is 585 g/mol. The second-order valence-electron chi connectivity index (χ2n) is 12.8. The predicted molar refractivity (Wildman–Crippen MR) is 169 cm³/mol. The smallest absolute Gasteiger partial charge is 0.333 e. The van der Waals surface area contributed by atoms with Crippen LogP contribution in [-0.4, -0.2) is 46.7 Å². The van der Waals surface area contributed by atoms with Crippen molar-refractivity contribution in [3.8, 4) is 5.00 Å². The minimum atomic E-state index is -1.46. The van der Waals surface area contributed by atoms with Crippen LogP contribution in [0.15, 0.2) is 40.2 Å². The SMILES string of the molecule is CCc1ccc(F)cc1[C@H](Cn1c(=O)n(C(C)(C)C(=O)CC(C)C)c(=O)c2c(C)c(-n3nccn3)sc21)OC(C)C(C)(C)O. The van der Waals surface area contributed by atoms with Crippen molar-refractivity contribution in [3.63, 3.8) is 0 Å². The summed E-state index contributed by atoms with van der Waals surface area (Å²) in [5.74, 6) is -0.699. The van der Waals surface area contributed by atoms with Crippen LogP contribution in [0, 0.1) is 18.7 Å². The van der Waals surface area contributed by atoms with E-state index in [2.05, 4.69) is 10.2 Å². The lowest BCUT2D eigenvalue weighted by molar-refractivity contribution is -0.127. The topological polar surface area (TPSA) is 121 Å². The van der Waals surface area contributed by atoms with Crippen molar-refractivity contribution >= 4 is 27.3 Å². The van der Waals surface area contributed by atoms with Gasteiger partial charge in [0.2, 0.25) is 0 Å². The molecule has 0 aliphatic carbocycles. The molecule has 3 heterocycles. The van der Waals surface area contributed by atoms with Crippen molar-refractivity contribution in [2.45, 2.75) is 105 Å². The number of ketones is 1. The molecule has 0 bridgehead atoms. The first-order valence-electron chi connectivity index (χ1n) is 14.8. The maximum atomic E-state index is 14.7. The number of hydrogen-bond acceptors (Lipinski definition) is 8. The van der Waals surface area contributed by atoms with Crippen LogP contribution in [0.5, 0.6) is 0 Å². The van der Waals surface area contributed by atoms with Gasteiger partial charge in [0.15, 0.2) is 5.78 Å². The van der Waals surface area contributed by atoms with E-state index >= 15 is 0 Å². The molecular formula is C32H42FN5O5S. The van der Waals surface area contributed by atoms with Gasteiger partial charge in [-0.2, -0.15) is 10.2 Å². The van der Waals surface area contributed by atoms with Crippen LogP contribution in [0.2, 0.25) is 0 Å². The van der Waals surface area contributed by atoms with Crippen molar-refractivity contribution in [1.82, 2.24) is 24.1 Å². The number of carbonyl (C=O) groups is 1. The molecule has 0 saturated carbocycles. The number of carbonyl (C=O) groups excluding carboxylic acids is 1. The van der Waals surface area contributed by atoms with Crippen LogP contribution in [0.25, 0.3) is 15.2 Å². The molecule has 0 fully saturated rings. The lowest BCUT2D eigenvalue weighted by Gasteiger charge is -2.32. The Labute approximate surface area is 260 Å². The highest BCUT2D eigenvalue weighted by Gasteiger charge is 2.36. The quantitative estimate of drug-likeness (QED) is 0.232. The molecule has 10 nitrogen and oxygen atoms in total. The summed E-state index contributed by atoms with van der Waals surface area (Å²) in [6.07, 6.45) is 2.18. The Morgan fingerprint density at radius 2 is 1.75 bits per heavy atom. The van der Waals surface area contributed by atoms with Gasteiger partial charge in [-0.05, 0) is 77.1 Å². The molecule has 238 valence electrons. The molecule has 0 amide bonds. The largest absolute Gasteiger partial charge is 0.388 e. The fourth-order valence-electron chi connectivity index (χ4n) is 5.23. The van der Waals surface area contributed by atoms with Gasteiger partial charge in [0.25, 0.3) is 5.56 Å². The van der Waals surface area contributed by atoms with Crippen molar-refractivity contribution in [2.24, 2.45) is 5.92 Å². The van der Waals surface area contributed by atoms with Crippen molar-refractivity contribution in [1.29, 1.82) is 0 Å². The van der Waals surface area contributed by atoms with Gasteiger partial charge in [0.1, 0.15) is 27.3 Å². The van der Waals surface area contributed by atoms with Crippen LogP contribution < -0.4 is 11.2 Å². The van der Waals surface area contributed by atoms with Gasteiger partial charge >= 0.3 is 5.69 Å².